The second-order valence-corrected chi connectivity index (χ2v) is 4.09. The molecule has 18 heavy (non-hydrogen) atoms. The van der Waals surface area contributed by atoms with E-state index in [1.165, 1.54) is 0 Å². The van der Waals surface area contributed by atoms with Crippen molar-refractivity contribution in [1.82, 2.24) is 14.8 Å². The third kappa shape index (κ3) is 1.66. The van der Waals surface area contributed by atoms with Gasteiger partial charge in [0.05, 0.1) is 11.9 Å². The number of aromatic nitrogens is 3. The normalized spacial score (nSPS) is 10.7. The highest BCUT2D eigenvalue weighted by Gasteiger charge is 2.13. The van der Waals surface area contributed by atoms with Crippen LogP contribution in [0.15, 0.2) is 42.7 Å². The molecule has 0 aliphatic carbocycles. The number of H-pyrrole nitrogens is 1. The first-order valence-corrected chi connectivity index (χ1v) is 5.60. The number of rotatable bonds is 2. The molecule has 5 heteroatoms. The van der Waals surface area contributed by atoms with Gasteiger partial charge in [0.15, 0.2) is 0 Å². The molecule has 0 bridgehead atoms. The Labute approximate surface area is 103 Å². The van der Waals surface area contributed by atoms with Gasteiger partial charge in [-0.3, -0.25) is 9.89 Å². The van der Waals surface area contributed by atoms with Gasteiger partial charge in [-0.2, -0.15) is 5.10 Å². The predicted octanol–water partition coefficient (Wildman–Crippen LogP) is 2.15. The van der Waals surface area contributed by atoms with E-state index < -0.39 is 0 Å². The Kier molecular flexibility index (Phi) is 2.37. The van der Waals surface area contributed by atoms with Gasteiger partial charge in [0.2, 0.25) is 0 Å². The Balaban J connectivity index is 1.99. The molecule has 3 rings (SSSR count). The van der Waals surface area contributed by atoms with Crippen LogP contribution in [0.3, 0.4) is 0 Å². The molecule has 2 heterocycles. The zero-order chi connectivity index (χ0) is 12.5. The van der Waals surface area contributed by atoms with Gasteiger partial charge in [-0.05, 0) is 12.1 Å². The Morgan fingerprint density at radius 2 is 2.22 bits per heavy atom. The van der Waals surface area contributed by atoms with Crippen molar-refractivity contribution in [3.05, 3.63) is 48.4 Å². The lowest BCUT2D eigenvalue weighted by Gasteiger charge is -2.04. The van der Waals surface area contributed by atoms with Crippen molar-refractivity contribution in [2.24, 2.45) is 7.05 Å². The number of aromatic amines is 1. The number of anilines is 1. The molecule has 0 saturated heterocycles. The molecule has 0 aliphatic heterocycles. The molecule has 0 aliphatic rings. The Morgan fingerprint density at radius 1 is 1.39 bits per heavy atom. The lowest BCUT2D eigenvalue weighted by atomic mass is 10.2. The minimum absolute atomic E-state index is 0.143. The van der Waals surface area contributed by atoms with E-state index in [1.807, 2.05) is 41.9 Å². The highest BCUT2D eigenvalue weighted by atomic mass is 16.1. The Bertz CT molecular complexity index is 697. The molecule has 1 amide bonds. The molecule has 0 fully saturated rings. The molecular weight excluding hydrogens is 228 g/mol. The van der Waals surface area contributed by atoms with Crippen molar-refractivity contribution >= 4 is 22.5 Å². The van der Waals surface area contributed by atoms with Gasteiger partial charge in [-0.1, -0.05) is 18.2 Å². The van der Waals surface area contributed by atoms with Gasteiger partial charge in [0.1, 0.15) is 5.69 Å². The number of nitrogens with zero attached hydrogens (tertiary/aromatic N) is 2. The number of fused-ring (bicyclic) bond motifs is 1. The number of benzene rings is 1. The molecular formula is C13H12N4O. The highest BCUT2D eigenvalue weighted by molar-refractivity contribution is 6.06. The van der Waals surface area contributed by atoms with Crippen LogP contribution in [0.4, 0.5) is 5.69 Å². The quantitative estimate of drug-likeness (QED) is 0.721. The number of hydrogen-bond donors (Lipinski definition) is 2. The van der Waals surface area contributed by atoms with Crippen LogP contribution in [0.2, 0.25) is 0 Å². The Morgan fingerprint density at radius 3 is 2.94 bits per heavy atom. The highest BCUT2D eigenvalue weighted by Crippen LogP contribution is 2.19. The number of carbonyl (C=O) groups excluding carboxylic acids is 1. The summed E-state index contributed by atoms with van der Waals surface area (Å²) in [6, 6.07) is 9.78. The number of para-hydroxylation sites is 1. The number of aryl methyl sites for hydroxylation is 1. The van der Waals surface area contributed by atoms with E-state index >= 15 is 0 Å². The molecule has 0 unspecified atom stereocenters. The summed E-state index contributed by atoms with van der Waals surface area (Å²) < 4.78 is 1.88. The lowest BCUT2D eigenvalue weighted by molar-refractivity contribution is 0.102. The fourth-order valence-corrected chi connectivity index (χ4v) is 2.02. The first-order chi connectivity index (χ1) is 8.75. The first-order valence-electron chi connectivity index (χ1n) is 5.60. The average Bonchev–Trinajstić information content (AvgIpc) is 2.98. The van der Waals surface area contributed by atoms with Crippen LogP contribution in [0.25, 0.3) is 10.9 Å². The SMILES string of the molecule is Cn1c(C(=O)Nc2cn[nH]c2)cc2ccccc21. The minimum atomic E-state index is -0.143. The third-order valence-electron chi connectivity index (χ3n) is 2.94. The third-order valence-corrected chi connectivity index (χ3v) is 2.94. The van der Waals surface area contributed by atoms with Crippen molar-refractivity contribution < 1.29 is 4.79 Å². The summed E-state index contributed by atoms with van der Waals surface area (Å²) in [7, 11) is 1.88. The summed E-state index contributed by atoms with van der Waals surface area (Å²) in [5.41, 5.74) is 2.32. The number of amides is 1. The molecule has 0 atom stereocenters. The van der Waals surface area contributed by atoms with E-state index in [0.29, 0.717) is 11.4 Å². The van der Waals surface area contributed by atoms with Crippen molar-refractivity contribution in [2.75, 3.05) is 5.32 Å². The van der Waals surface area contributed by atoms with E-state index in [1.54, 1.807) is 12.4 Å². The maximum absolute atomic E-state index is 12.1. The van der Waals surface area contributed by atoms with Crippen molar-refractivity contribution in [3.63, 3.8) is 0 Å². The van der Waals surface area contributed by atoms with E-state index in [2.05, 4.69) is 15.5 Å². The second kappa shape index (κ2) is 4.03. The minimum Gasteiger partial charge on any atom is -0.340 e. The van der Waals surface area contributed by atoms with E-state index in [-0.39, 0.29) is 5.91 Å². The van der Waals surface area contributed by atoms with Crippen LogP contribution in [0.1, 0.15) is 10.5 Å². The molecule has 0 spiro atoms. The summed E-state index contributed by atoms with van der Waals surface area (Å²) in [5, 5.41) is 10.3. The zero-order valence-corrected chi connectivity index (χ0v) is 9.84. The van der Waals surface area contributed by atoms with Crippen LogP contribution in [-0.2, 0) is 7.05 Å². The van der Waals surface area contributed by atoms with E-state index in [4.69, 9.17) is 0 Å². The van der Waals surface area contributed by atoms with Gasteiger partial charge in [0.25, 0.3) is 5.91 Å². The first kappa shape index (κ1) is 10.6. The topological polar surface area (TPSA) is 62.7 Å². The van der Waals surface area contributed by atoms with Gasteiger partial charge in [-0.15, -0.1) is 0 Å². The second-order valence-electron chi connectivity index (χ2n) is 4.09. The fraction of sp³-hybridized carbons (Fsp3) is 0.0769. The molecule has 5 nitrogen and oxygen atoms in total. The number of nitrogens with one attached hydrogen (secondary N) is 2. The van der Waals surface area contributed by atoms with Crippen molar-refractivity contribution in [3.8, 4) is 0 Å². The molecule has 1 aromatic carbocycles. The maximum Gasteiger partial charge on any atom is 0.272 e. The lowest BCUT2D eigenvalue weighted by Crippen LogP contribution is -2.15. The van der Waals surface area contributed by atoms with Gasteiger partial charge in [-0.25, -0.2) is 0 Å². The molecule has 2 aromatic heterocycles. The van der Waals surface area contributed by atoms with E-state index in [9.17, 15) is 4.79 Å². The molecule has 0 radical (unpaired) electrons. The summed E-state index contributed by atoms with van der Waals surface area (Å²) in [6.07, 6.45) is 3.21. The summed E-state index contributed by atoms with van der Waals surface area (Å²) in [6.45, 7) is 0. The van der Waals surface area contributed by atoms with E-state index in [0.717, 1.165) is 10.9 Å². The fourth-order valence-electron chi connectivity index (χ4n) is 2.02. The number of hydrogen-bond acceptors (Lipinski definition) is 2. The molecule has 3 aromatic rings. The Hall–Kier alpha value is -2.56. The summed E-state index contributed by atoms with van der Waals surface area (Å²) in [4.78, 5) is 12.1. The van der Waals surface area contributed by atoms with Gasteiger partial charge in [0, 0.05) is 24.1 Å². The van der Waals surface area contributed by atoms with Crippen molar-refractivity contribution in [2.45, 2.75) is 0 Å². The van der Waals surface area contributed by atoms with Crippen LogP contribution in [0, 0.1) is 0 Å². The smallest absolute Gasteiger partial charge is 0.272 e. The predicted molar refractivity (Wildman–Crippen MR) is 69.5 cm³/mol. The maximum atomic E-state index is 12.1. The van der Waals surface area contributed by atoms with Crippen LogP contribution in [-0.4, -0.2) is 20.7 Å². The summed E-state index contributed by atoms with van der Waals surface area (Å²) >= 11 is 0. The van der Waals surface area contributed by atoms with Gasteiger partial charge < -0.3 is 9.88 Å². The summed E-state index contributed by atoms with van der Waals surface area (Å²) in [5.74, 6) is -0.143. The van der Waals surface area contributed by atoms with Crippen LogP contribution in [0.5, 0.6) is 0 Å². The molecule has 2 N–H and O–H groups in total. The average molecular weight is 240 g/mol. The molecule has 0 saturated carbocycles. The molecule has 90 valence electrons. The van der Waals surface area contributed by atoms with Gasteiger partial charge >= 0.3 is 0 Å². The van der Waals surface area contributed by atoms with Crippen LogP contribution >= 0.6 is 0 Å². The monoisotopic (exact) mass is 240 g/mol. The zero-order valence-electron chi connectivity index (χ0n) is 9.84. The standard InChI is InChI=1S/C13H12N4O/c1-17-11-5-3-2-4-9(11)6-12(17)13(18)16-10-7-14-15-8-10/h2-8H,1H3,(H,14,15)(H,16,18). The largest absolute Gasteiger partial charge is 0.340 e. The van der Waals surface area contributed by atoms with Crippen LogP contribution < -0.4 is 5.32 Å². The van der Waals surface area contributed by atoms with Crippen molar-refractivity contribution in [1.29, 1.82) is 0 Å². The number of carbonyl (C=O) groups is 1.